The van der Waals surface area contributed by atoms with Crippen molar-refractivity contribution in [2.24, 2.45) is 11.7 Å². The van der Waals surface area contributed by atoms with Crippen LogP contribution in [0.3, 0.4) is 0 Å². The Kier molecular flexibility index (Phi) is 3.87. The van der Waals surface area contributed by atoms with Crippen molar-refractivity contribution < 1.29 is 4.79 Å². The first kappa shape index (κ1) is 12.9. The van der Waals surface area contributed by atoms with Gasteiger partial charge in [-0.3, -0.25) is 0 Å². The Morgan fingerprint density at radius 1 is 1.33 bits per heavy atom. The summed E-state index contributed by atoms with van der Waals surface area (Å²) in [5, 5.41) is 3.01. The summed E-state index contributed by atoms with van der Waals surface area (Å²) in [5.74, 6) is 0.471. The zero-order valence-corrected chi connectivity index (χ0v) is 11.0. The molecule has 0 radical (unpaired) electrons. The molecule has 2 rings (SSSR count). The van der Waals surface area contributed by atoms with Crippen molar-refractivity contribution in [3.63, 3.8) is 0 Å². The van der Waals surface area contributed by atoms with Gasteiger partial charge < -0.3 is 16.0 Å². The normalized spacial score (nSPS) is 19.4. The summed E-state index contributed by atoms with van der Waals surface area (Å²) in [5.41, 5.74) is 7.82. The second-order valence-corrected chi connectivity index (χ2v) is 5.20. The monoisotopic (exact) mass is 247 g/mol. The Hall–Kier alpha value is -1.55. The number of carbonyl (C=O) groups excluding carboxylic acids is 1. The average Bonchev–Trinajstić information content (AvgIpc) is 2.72. The van der Waals surface area contributed by atoms with E-state index in [-0.39, 0.29) is 12.1 Å². The van der Waals surface area contributed by atoms with E-state index in [9.17, 15) is 4.79 Å². The van der Waals surface area contributed by atoms with Crippen LogP contribution in [0, 0.1) is 5.92 Å². The molecule has 1 heterocycles. The van der Waals surface area contributed by atoms with E-state index in [0.29, 0.717) is 19.0 Å². The van der Waals surface area contributed by atoms with Crippen LogP contribution in [0.5, 0.6) is 0 Å². The molecule has 1 aliphatic rings. The lowest BCUT2D eigenvalue weighted by Gasteiger charge is -2.16. The highest BCUT2D eigenvalue weighted by Crippen LogP contribution is 2.15. The van der Waals surface area contributed by atoms with Gasteiger partial charge in [-0.15, -0.1) is 0 Å². The third kappa shape index (κ3) is 2.82. The maximum absolute atomic E-state index is 11.8. The van der Waals surface area contributed by atoms with Crippen molar-refractivity contribution in [2.45, 2.75) is 33.0 Å². The molecule has 4 nitrogen and oxygen atoms in total. The van der Waals surface area contributed by atoms with Crippen molar-refractivity contribution in [2.75, 3.05) is 6.54 Å². The Morgan fingerprint density at radius 3 is 2.44 bits per heavy atom. The second-order valence-electron chi connectivity index (χ2n) is 5.20. The minimum atomic E-state index is 0.0385. The maximum Gasteiger partial charge on any atom is 0.318 e. The summed E-state index contributed by atoms with van der Waals surface area (Å²) < 4.78 is 0. The highest BCUT2D eigenvalue weighted by Gasteiger charge is 2.30. The second kappa shape index (κ2) is 5.40. The predicted octanol–water partition coefficient (Wildman–Crippen LogP) is 1.70. The van der Waals surface area contributed by atoms with Gasteiger partial charge in [0.05, 0.1) is 6.04 Å². The molecular weight excluding hydrogens is 226 g/mol. The van der Waals surface area contributed by atoms with E-state index >= 15 is 0 Å². The molecule has 3 N–H and O–H groups in total. The highest BCUT2D eigenvalue weighted by atomic mass is 16.2. The Balaban J connectivity index is 1.98. The summed E-state index contributed by atoms with van der Waals surface area (Å²) in [6, 6.07) is 8.42. The number of nitrogens with one attached hydrogen (secondary N) is 1. The van der Waals surface area contributed by atoms with Crippen molar-refractivity contribution in [3.8, 4) is 0 Å². The van der Waals surface area contributed by atoms with Crippen LogP contribution >= 0.6 is 0 Å². The van der Waals surface area contributed by atoms with Gasteiger partial charge >= 0.3 is 6.03 Å². The Bertz CT molecular complexity index is 414. The van der Waals surface area contributed by atoms with Crippen LogP contribution in [-0.2, 0) is 13.1 Å². The van der Waals surface area contributed by atoms with E-state index in [1.165, 1.54) is 0 Å². The molecule has 0 aliphatic carbocycles. The third-order valence-electron chi connectivity index (χ3n) is 3.45. The average molecular weight is 247 g/mol. The minimum Gasteiger partial charge on any atom is -0.333 e. The van der Waals surface area contributed by atoms with Crippen LogP contribution < -0.4 is 11.1 Å². The maximum atomic E-state index is 11.8. The summed E-state index contributed by atoms with van der Waals surface area (Å²) in [6.07, 6.45) is 0. The Morgan fingerprint density at radius 2 is 1.94 bits per heavy atom. The van der Waals surface area contributed by atoms with Crippen LogP contribution in [0.15, 0.2) is 24.3 Å². The molecule has 0 aromatic heterocycles. The molecular formula is C14H21N3O. The van der Waals surface area contributed by atoms with Gasteiger partial charge in [-0.2, -0.15) is 0 Å². The van der Waals surface area contributed by atoms with Crippen molar-refractivity contribution >= 4 is 6.03 Å². The molecule has 4 heteroatoms. The largest absolute Gasteiger partial charge is 0.333 e. The van der Waals surface area contributed by atoms with E-state index in [1.54, 1.807) is 0 Å². The number of nitrogens with two attached hydrogens (primary N) is 1. The van der Waals surface area contributed by atoms with E-state index in [0.717, 1.165) is 17.7 Å². The molecule has 0 unspecified atom stereocenters. The molecule has 1 aromatic carbocycles. The molecule has 0 saturated carbocycles. The van der Waals surface area contributed by atoms with Crippen LogP contribution in [0.1, 0.15) is 25.0 Å². The lowest BCUT2D eigenvalue weighted by Crippen LogP contribution is -2.31. The van der Waals surface area contributed by atoms with Gasteiger partial charge in [-0.05, 0) is 17.0 Å². The van der Waals surface area contributed by atoms with E-state index in [1.807, 2.05) is 29.2 Å². The molecule has 18 heavy (non-hydrogen) atoms. The lowest BCUT2D eigenvalue weighted by atomic mass is 10.1. The lowest BCUT2D eigenvalue weighted by molar-refractivity contribution is 0.215. The first-order chi connectivity index (χ1) is 8.60. The van der Waals surface area contributed by atoms with Gasteiger partial charge in [0.2, 0.25) is 0 Å². The van der Waals surface area contributed by atoms with Crippen LogP contribution in [0.2, 0.25) is 0 Å². The fraction of sp³-hybridized carbons (Fsp3) is 0.500. The number of nitrogens with zero attached hydrogens (tertiary/aromatic N) is 1. The van der Waals surface area contributed by atoms with Crippen LogP contribution in [0.4, 0.5) is 4.79 Å². The van der Waals surface area contributed by atoms with Gasteiger partial charge in [-0.25, -0.2) is 4.79 Å². The van der Waals surface area contributed by atoms with Crippen molar-refractivity contribution in [1.29, 1.82) is 0 Å². The van der Waals surface area contributed by atoms with Crippen molar-refractivity contribution in [1.82, 2.24) is 10.2 Å². The molecule has 98 valence electrons. The summed E-state index contributed by atoms with van der Waals surface area (Å²) >= 11 is 0. The molecule has 1 aromatic rings. The third-order valence-corrected chi connectivity index (χ3v) is 3.45. The van der Waals surface area contributed by atoms with E-state index in [4.69, 9.17) is 5.73 Å². The zero-order chi connectivity index (χ0) is 13.1. The smallest absolute Gasteiger partial charge is 0.318 e. The molecule has 1 fully saturated rings. The summed E-state index contributed by atoms with van der Waals surface area (Å²) in [4.78, 5) is 13.7. The van der Waals surface area contributed by atoms with E-state index in [2.05, 4.69) is 19.2 Å². The number of benzene rings is 1. The number of amides is 2. The van der Waals surface area contributed by atoms with Crippen LogP contribution in [-0.4, -0.2) is 23.5 Å². The molecule has 0 spiro atoms. The number of hydrogen-bond donors (Lipinski definition) is 2. The van der Waals surface area contributed by atoms with E-state index < -0.39 is 0 Å². The number of carbonyl (C=O) groups is 1. The fourth-order valence-electron chi connectivity index (χ4n) is 2.13. The fourth-order valence-corrected chi connectivity index (χ4v) is 2.13. The molecule has 1 atom stereocenters. The SMILES string of the molecule is CC(C)[C@H]1CN(Cc2ccc(CN)cc2)C(=O)N1. The van der Waals surface area contributed by atoms with Gasteiger partial charge in [0.15, 0.2) is 0 Å². The summed E-state index contributed by atoms with van der Waals surface area (Å²) in [6.45, 7) is 6.27. The summed E-state index contributed by atoms with van der Waals surface area (Å²) in [7, 11) is 0. The number of urea groups is 1. The molecule has 2 amide bonds. The topological polar surface area (TPSA) is 58.4 Å². The number of rotatable bonds is 4. The zero-order valence-electron chi connectivity index (χ0n) is 11.0. The first-order valence-electron chi connectivity index (χ1n) is 6.43. The number of hydrogen-bond acceptors (Lipinski definition) is 2. The molecule has 0 bridgehead atoms. The highest BCUT2D eigenvalue weighted by molar-refractivity contribution is 5.76. The van der Waals surface area contributed by atoms with Gasteiger partial charge in [0.1, 0.15) is 0 Å². The minimum absolute atomic E-state index is 0.0385. The Labute approximate surface area is 108 Å². The quantitative estimate of drug-likeness (QED) is 0.850. The van der Waals surface area contributed by atoms with Gasteiger partial charge in [-0.1, -0.05) is 38.1 Å². The molecule has 1 aliphatic heterocycles. The van der Waals surface area contributed by atoms with Gasteiger partial charge in [0, 0.05) is 19.6 Å². The predicted molar refractivity (Wildman–Crippen MR) is 71.9 cm³/mol. The first-order valence-corrected chi connectivity index (χ1v) is 6.43. The molecule has 1 saturated heterocycles. The van der Waals surface area contributed by atoms with Gasteiger partial charge in [0.25, 0.3) is 0 Å². The van der Waals surface area contributed by atoms with Crippen LogP contribution in [0.25, 0.3) is 0 Å². The standard InChI is InChI=1S/C14H21N3O/c1-10(2)13-9-17(14(18)16-13)8-12-5-3-11(7-15)4-6-12/h3-6,10,13H,7-9,15H2,1-2H3,(H,16,18)/t13-/m1/s1. The van der Waals surface area contributed by atoms with Crippen molar-refractivity contribution in [3.05, 3.63) is 35.4 Å².